The first-order valence-corrected chi connectivity index (χ1v) is 5.64. The zero-order chi connectivity index (χ0) is 11.4. The molecule has 1 aromatic rings. The van der Waals surface area contributed by atoms with Crippen LogP contribution in [-0.2, 0) is 6.42 Å². The minimum Gasteiger partial charge on any atom is -0.321 e. The molecule has 1 aromatic heterocycles. The number of rotatable bonds is 4. The van der Waals surface area contributed by atoms with Gasteiger partial charge < -0.3 is 5.73 Å². The number of hydrogen-bond donors (Lipinski definition) is 1. The predicted molar refractivity (Wildman–Crippen MR) is 62.5 cm³/mol. The quantitative estimate of drug-likeness (QED) is 0.824. The average Bonchev–Trinajstić information content (AvgIpc) is 2.16. The molecule has 0 saturated heterocycles. The maximum absolute atomic E-state index is 6.05. The summed E-state index contributed by atoms with van der Waals surface area (Å²) in [6, 6.07) is 1.99. The van der Waals surface area contributed by atoms with Crippen LogP contribution < -0.4 is 5.73 Å². The molecule has 1 atom stereocenters. The van der Waals surface area contributed by atoms with Crippen LogP contribution in [0.25, 0.3) is 0 Å². The van der Waals surface area contributed by atoms with Crippen LogP contribution in [0.5, 0.6) is 0 Å². The van der Waals surface area contributed by atoms with Gasteiger partial charge in [0, 0.05) is 11.4 Å². The van der Waals surface area contributed by atoms with Crippen LogP contribution in [0, 0.1) is 12.8 Å². The van der Waals surface area contributed by atoms with Gasteiger partial charge in [0.1, 0.15) is 5.82 Å². The minimum atomic E-state index is -0.0551. The number of nitrogens with two attached hydrogens (primary N) is 1. The fourth-order valence-electron chi connectivity index (χ4n) is 1.49. The summed E-state index contributed by atoms with van der Waals surface area (Å²) in [7, 11) is 0. The standard InChI is InChI=1S/C12H21N3/c1-5-6-10-7-9(4)14-12(15-10)11(13)8(2)3/h7-8,11H,5-6,13H2,1-4H3. The lowest BCUT2D eigenvalue weighted by atomic mass is 10.0. The fourth-order valence-corrected chi connectivity index (χ4v) is 1.49. The van der Waals surface area contributed by atoms with Crippen molar-refractivity contribution in [2.75, 3.05) is 0 Å². The Morgan fingerprint density at radius 1 is 1.33 bits per heavy atom. The largest absolute Gasteiger partial charge is 0.321 e. The van der Waals surface area contributed by atoms with Gasteiger partial charge in [0.2, 0.25) is 0 Å². The van der Waals surface area contributed by atoms with Crippen molar-refractivity contribution >= 4 is 0 Å². The van der Waals surface area contributed by atoms with E-state index >= 15 is 0 Å². The average molecular weight is 207 g/mol. The van der Waals surface area contributed by atoms with Crippen LogP contribution in [-0.4, -0.2) is 9.97 Å². The van der Waals surface area contributed by atoms with Gasteiger partial charge in [-0.25, -0.2) is 9.97 Å². The van der Waals surface area contributed by atoms with Crippen LogP contribution in [0.1, 0.15) is 50.4 Å². The lowest BCUT2D eigenvalue weighted by Crippen LogP contribution is -2.20. The van der Waals surface area contributed by atoms with E-state index in [9.17, 15) is 0 Å². The Labute approximate surface area is 92.1 Å². The molecule has 0 fully saturated rings. The highest BCUT2D eigenvalue weighted by atomic mass is 14.9. The highest BCUT2D eigenvalue weighted by Gasteiger charge is 2.14. The van der Waals surface area contributed by atoms with Crippen molar-refractivity contribution in [1.29, 1.82) is 0 Å². The Balaban J connectivity index is 2.97. The molecule has 84 valence electrons. The van der Waals surface area contributed by atoms with Gasteiger partial charge in [-0.2, -0.15) is 0 Å². The van der Waals surface area contributed by atoms with E-state index in [4.69, 9.17) is 5.73 Å². The highest BCUT2D eigenvalue weighted by molar-refractivity contribution is 5.12. The van der Waals surface area contributed by atoms with E-state index in [-0.39, 0.29) is 6.04 Å². The van der Waals surface area contributed by atoms with Crippen molar-refractivity contribution in [1.82, 2.24) is 9.97 Å². The zero-order valence-corrected chi connectivity index (χ0v) is 10.1. The number of aromatic nitrogens is 2. The van der Waals surface area contributed by atoms with Crippen LogP contribution in [0.2, 0.25) is 0 Å². The molecular formula is C12H21N3. The molecule has 1 heterocycles. The molecule has 0 spiro atoms. The molecule has 0 amide bonds. The number of aryl methyl sites for hydroxylation is 2. The van der Waals surface area contributed by atoms with E-state index in [0.29, 0.717) is 5.92 Å². The second kappa shape index (κ2) is 5.21. The molecule has 3 heteroatoms. The summed E-state index contributed by atoms with van der Waals surface area (Å²) < 4.78 is 0. The molecule has 0 aliphatic rings. The third-order valence-electron chi connectivity index (χ3n) is 2.45. The lowest BCUT2D eigenvalue weighted by Gasteiger charge is -2.15. The third kappa shape index (κ3) is 3.27. The van der Waals surface area contributed by atoms with Crippen LogP contribution in [0.3, 0.4) is 0 Å². The van der Waals surface area contributed by atoms with Crippen molar-refractivity contribution in [3.05, 3.63) is 23.3 Å². The Bertz CT molecular complexity index is 321. The lowest BCUT2D eigenvalue weighted by molar-refractivity contribution is 0.487. The summed E-state index contributed by atoms with van der Waals surface area (Å²) in [6.45, 7) is 8.34. The normalized spacial score (nSPS) is 13.2. The molecule has 0 saturated carbocycles. The molecule has 1 unspecified atom stereocenters. The fraction of sp³-hybridized carbons (Fsp3) is 0.667. The van der Waals surface area contributed by atoms with Gasteiger partial charge in [-0.3, -0.25) is 0 Å². The SMILES string of the molecule is CCCc1cc(C)nc(C(N)C(C)C)n1. The Kier molecular flexibility index (Phi) is 4.21. The second-order valence-corrected chi connectivity index (χ2v) is 4.38. The Morgan fingerprint density at radius 3 is 2.53 bits per heavy atom. The van der Waals surface area contributed by atoms with Gasteiger partial charge in [0.05, 0.1) is 6.04 Å². The molecule has 1 rings (SSSR count). The first-order valence-electron chi connectivity index (χ1n) is 5.64. The minimum absolute atomic E-state index is 0.0551. The number of hydrogen-bond acceptors (Lipinski definition) is 3. The van der Waals surface area contributed by atoms with Gasteiger partial charge in [0.15, 0.2) is 0 Å². The van der Waals surface area contributed by atoms with E-state index in [1.54, 1.807) is 0 Å². The van der Waals surface area contributed by atoms with E-state index < -0.39 is 0 Å². The zero-order valence-electron chi connectivity index (χ0n) is 10.1. The molecule has 0 radical (unpaired) electrons. The summed E-state index contributed by atoms with van der Waals surface area (Å²) in [5.74, 6) is 1.16. The van der Waals surface area contributed by atoms with E-state index in [2.05, 4.69) is 30.7 Å². The molecule has 3 nitrogen and oxygen atoms in total. The van der Waals surface area contributed by atoms with Crippen LogP contribution in [0.4, 0.5) is 0 Å². The summed E-state index contributed by atoms with van der Waals surface area (Å²) in [5.41, 5.74) is 8.17. The van der Waals surface area contributed by atoms with Gasteiger partial charge in [-0.05, 0) is 25.3 Å². The van der Waals surface area contributed by atoms with Gasteiger partial charge in [0.25, 0.3) is 0 Å². The predicted octanol–water partition coefficient (Wildman–Crippen LogP) is 2.39. The first-order chi connectivity index (χ1) is 7.04. The molecule has 0 aliphatic heterocycles. The molecule has 0 aliphatic carbocycles. The summed E-state index contributed by atoms with van der Waals surface area (Å²) >= 11 is 0. The van der Waals surface area contributed by atoms with Crippen molar-refractivity contribution in [2.24, 2.45) is 11.7 Å². The monoisotopic (exact) mass is 207 g/mol. The summed E-state index contributed by atoms with van der Waals surface area (Å²) in [6.07, 6.45) is 2.11. The van der Waals surface area contributed by atoms with Crippen molar-refractivity contribution in [3.8, 4) is 0 Å². The van der Waals surface area contributed by atoms with Gasteiger partial charge in [-0.1, -0.05) is 27.2 Å². The van der Waals surface area contributed by atoms with Crippen molar-refractivity contribution in [3.63, 3.8) is 0 Å². The number of nitrogens with zero attached hydrogens (tertiary/aromatic N) is 2. The Morgan fingerprint density at radius 2 is 2.00 bits per heavy atom. The first kappa shape index (κ1) is 12.1. The maximum atomic E-state index is 6.05. The van der Waals surface area contributed by atoms with Gasteiger partial charge in [-0.15, -0.1) is 0 Å². The highest BCUT2D eigenvalue weighted by Crippen LogP contribution is 2.16. The molecule has 0 bridgehead atoms. The van der Waals surface area contributed by atoms with Crippen LogP contribution in [0.15, 0.2) is 6.07 Å². The smallest absolute Gasteiger partial charge is 0.145 e. The molecule has 0 aromatic carbocycles. The van der Waals surface area contributed by atoms with E-state index in [1.807, 2.05) is 13.0 Å². The second-order valence-electron chi connectivity index (χ2n) is 4.38. The Hall–Kier alpha value is -0.960. The van der Waals surface area contributed by atoms with Crippen molar-refractivity contribution < 1.29 is 0 Å². The van der Waals surface area contributed by atoms with Crippen LogP contribution >= 0.6 is 0 Å². The maximum Gasteiger partial charge on any atom is 0.145 e. The molecule has 2 N–H and O–H groups in total. The van der Waals surface area contributed by atoms with E-state index in [0.717, 1.165) is 30.1 Å². The molecular weight excluding hydrogens is 186 g/mol. The van der Waals surface area contributed by atoms with Gasteiger partial charge >= 0.3 is 0 Å². The third-order valence-corrected chi connectivity index (χ3v) is 2.45. The van der Waals surface area contributed by atoms with E-state index in [1.165, 1.54) is 0 Å². The molecule has 15 heavy (non-hydrogen) atoms. The van der Waals surface area contributed by atoms with Crippen molar-refractivity contribution in [2.45, 2.75) is 46.6 Å². The summed E-state index contributed by atoms with van der Waals surface area (Å²) in [4.78, 5) is 8.91. The summed E-state index contributed by atoms with van der Waals surface area (Å²) in [5, 5.41) is 0. The topological polar surface area (TPSA) is 51.8 Å².